The average Bonchev–Trinajstić information content (AvgIpc) is 3.00. The molecule has 0 saturated carbocycles. The Morgan fingerprint density at radius 2 is 1.73 bits per heavy atom. The van der Waals surface area contributed by atoms with Crippen molar-refractivity contribution in [1.82, 2.24) is 0 Å². The summed E-state index contributed by atoms with van der Waals surface area (Å²) in [6.07, 6.45) is -1.63. The van der Waals surface area contributed by atoms with Crippen molar-refractivity contribution in [3.8, 4) is 11.5 Å². The normalized spacial score (nSPS) is 20.9. The molecule has 2 aliphatic heterocycles. The standard InChI is InChI=1S/C22H28F3NO10S/c1-19(2,3)35-18(28)26(10-13-11-31-20(4,5)32-13)12-8-14-16(17(27)34-21(6,7)33-14)15(9-12)36-37(29,30)22(23,24)25/h8-9,13H,10-11H2,1-7H3. The summed E-state index contributed by atoms with van der Waals surface area (Å²) in [5.74, 6) is -5.15. The molecule has 3 rings (SSSR count). The second-order valence-electron chi connectivity index (χ2n) is 10.2. The van der Waals surface area contributed by atoms with Crippen molar-refractivity contribution in [3.05, 3.63) is 17.7 Å². The first-order valence-electron chi connectivity index (χ1n) is 11.0. The first-order chi connectivity index (χ1) is 16.6. The number of amides is 1. The van der Waals surface area contributed by atoms with E-state index in [0.717, 1.165) is 17.0 Å². The Kier molecular flexibility index (Phi) is 7.16. The summed E-state index contributed by atoms with van der Waals surface area (Å²) in [4.78, 5) is 26.8. The van der Waals surface area contributed by atoms with Crippen molar-refractivity contribution >= 4 is 27.9 Å². The lowest BCUT2D eigenvalue weighted by Crippen LogP contribution is -2.43. The van der Waals surface area contributed by atoms with Crippen LogP contribution in [0.5, 0.6) is 11.5 Å². The Balaban J connectivity index is 2.15. The molecule has 1 atom stereocenters. The number of rotatable bonds is 5. The molecule has 2 heterocycles. The molecule has 37 heavy (non-hydrogen) atoms. The van der Waals surface area contributed by atoms with Gasteiger partial charge in [-0.05, 0) is 34.6 Å². The molecular weight excluding hydrogens is 527 g/mol. The molecule has 1 amide bonds. The Morgan fingerprint density at radius 3 is 2.24 bits per heavy atom. The lowest BCUT2D eigenvalue weighted by Gasteiger charge is -2.34. The van der Waals surface area contributed by atoms with Crippen LogP contribution in [0.2, 0.25) is 0 Å². The maximum absolute atomic E-state index is 13.2. The van der Waals surface area contributed by atoms with Gasteiger partial charge in [-0.1, -0.05) is 0 Å². The van der Waals surface area contributed by atoms with Gasteiger partial charge < -0.3 is 27.9 Å². The Bertz CT molecular complexity index is 1190. The molecule has 11 nitrogen and oxygen atoms in total. The lowest BCUT2D eigenvalue weighted by atomic mass is 10.1. The molecule has 0 spiro atoms. The molecule has 15 heteroatoms. The molecule has 1 unspecified atom stereocenters. The number of anilines is 1. The van der Waals surface area contributed by atoms with Gasteiger partial charge in [0.05, 0.1) is 18.8 Å². The predicted molar refractivity (Wildman–Crippen MR) is 121 cm³/mol. The zero-order valence-corrected chi connectivity index (χ0v) is 22.0. The van der Waals surface area contributed by atoms with E-state index in [1.54, 1.807) is 34.6 Å². The summed E-state index contributed by atoms with van der Waals surface area (Å²) in [7, 11) is -6.21. The molecule has 2 aliphatic rings. The van der Waals surface area contributed by atoms with Gasteiger partial charge in [-0.3, -0.25) is 4.90 Å². The number of alkyl halides is 3. The summed E-state index contributed by atoms with van der Waals surface area (Å²) < 4.78 is 94.6. The monoisotopic (exact) mass is 555 g/mol. The number of benzene rings is 1. The van der Waals surface area contributed by atoms with E-state index in [-0.39, 0.29) is 24.6 Å². The van der Waals surface area contributed by atoms with Gasteiger partial charge in [0, 0.05) is 26.0 Å². The van der Waals surface area contributed by atoms with Crippen LogP contribution in [0.3, 0.4) is 0 Å². The largest absolute Gasteiger partial charge is 0.534 e. The molecule has 1 fully saturated rings. The van der Waals surface area contributed by atoms with Gasteiger partial charge in [-0.25, -0.2) is 9.59 Å². The maximum atomic E-state index is 13.2. The van der Waals surface area contributed by atoms with Gasteiger partial charge in [-0.2, -0.15) is 21.6 Å². The van der Waals surface area contributed by atoms with Gasteiger partial charge in [0.1, 0.15) is 23.0 Å². The van der Waals surface area contributed by atoms with E-state index in [2.05, 4.69) is 4.18 Å². The number of hydrogen-bond donors (Lipinski definition) is 0. The van der Waals surface area contributed by atoms with Gasteiger partial charge in [0.25, 0.3) is 0 Å². The van der Waals surface area contributed by atoms with E-state index < -0.39 is 62.3 Å². The highest BCUT2D eigenvalue weighted by Crippen LogP contribution is 2.43. The minimum Gasteiger partial charge on any atom is -0.452 e. The molecule has 1 saturated heterocycles. The number of carbonyl (C=O) groups excluding carboxylic acids is 2. The molecule has 208 valence electrons. The summed E-state index contributed by atoms with van der Waals surface area (Å²) in [6.45, 7) is 10.7. The Labute approximate surface area is 211 Å². The fraction of sp³-hybridized carbons (Fsp3) is 0.636. The molecule has 0 radical (unpaired) electrons. The number of ether oxygens (including phenoxy) is 5. The summed E-state index contributed by atoms with van der Waals surface area (Å²) >= 11 is 0. The minimum atomic E-state index is -6.21. The highest BCUT2D eigenvalue weighted by molar-refractivity contribution is 7.88. The molecule has 0 aromatic heterocycles. The summed E-state index contributed by atoms with van der Waals surface area (Å²) in [6, 6.07) is 1.94. The zero-order valence-electron chi connectivity index (χ0n) is 21.2. The Hall–Kier alpha value is -2.78. The van der Waals surface area contributed by atoms with E-state index in [9.17, 15) is 31.2 Å². The highest BCUT2D eigenvalue weighted by atomic mass is 32.2. The van der Waals surface area contributed by atoms with Crippen LogP contribution in [0.1, 0.15) is 58.8 Å². The van der Waals surface area contributed by atoms with Crippen LogP contribution in [0.15, 0.2) is 12.1 Å². The van der Waals surface area contributed by atoms with E-state index in [1.165, 1.54) is 13.8 Å². The number of hydrogen-bond acceptors (Lipinski definition) is 10. The molecule has 0 N–H and O–H groups in total. The first kappa shape index (κ1) is 28.8. The topological polar surface area (TPSA) is 127 Å². The number of fused-ring (bicyclic) bond motifs is 1. The number of nitrogens with zero attached hydrogens (tertiary/aromatic N) is 1. The van der Waals surface area contributed by atoms with Gasteiger partial charge in [-0.15, -0.1) is 0 Å². The predicted octanol–water partition coefficient (Wildman–Crippen LogP) is 4.09. The molecule has 1 aromatic carbocycles. The van der Waals surface area contributed by atoms with Crippen LogP contribution in [-0.4, -0.2) is 62.4 Å². The lowest BCUT2D eigenvalue weighted by molar-refractivity contribution is -0.137. The van der Waals surface area contributed by atoms with Crippen molar-refractivity contribution in [2.75, 3.05) is 18.1 Å². The molecule has 0 bridgehead atoms. The summed E-state index contributed by atoms with van der Waals surface area (Å²) in [5.41, 5.74) is -7.68. The summed E-state index contributed by atoms with van der Waals surface area (Å²) in [5, 5.41) is 0. The average molecular weight is 556 g/mol. The zero-order chi connectivity index (χ0) is 28.2. The second kappa shape index (κ2) is 9.20. The third-order valence-electron chi connectivity index (χ3n) is 4.81. The SMILES string of the molecule is CC(C)(C)OC(=O)N(CC1COC(C)(C)O1)c1cc2c(c(OS(=O)(=O)C(F)(F)F)c1)C(=O)OC(C)(C)O2. The first-order valence-corrected chi connectivity index (χ1v) is 12.4. The maximum Gasteiger partial charge on any atom is 0.534 e. The quantitative estimate of drug-likeness (QED) is 0.298. The third kappa shape index (κ3) is 6.76. The van der Waals surface area contributed by atoms with Gasteiger partial charge in [0.15, 0.2) is 11.5 Å². The number of carbonyl (C=O) groups is 2. The number of halogens is 3. The fourth-order valence-corrected chi connectivity index (χ4v) is 3.93. The second-order valence-corrected chi connectivity index (χ2v) is 11.8. The molecule has 0 aliphatic carbocycles. The van der Waals surface area contributed by atoms with E-state index in [1.807, 2.05) is 0 Å². The van der Waals surface area contributed by atoms with Crippen molar-refractivity contribution in [2.45, 2.75) is 77.3 Å². The highest BCUT2D eigenvalue weighted by Gasteiger charge is 2.50. The fourth-order valence-electron chi connectivity index (χ4n) is 3.46. The van der Waals surface area contributed by atoms with Gasteiger partial charge >= 0.3 is 27.7 Å². The van der Waals surface area contributed by atoms with Gasteiger partial charge in [0.2, 0.25) is 5.79 Å². The number of esters is 1. The Morgan fingerprint density at radius 1 is 1.11 bits per heavy atom. The van der Waals surface area contributed by atoms with E-state index >= 15 is 0 Å². The van der Waals surface area contributed by atoms with Crippen LogP contribution in [0.4, 0.5) is 23.7 Å². The van der Waals surface area contributed by atoms with E-state index in [4.69, 9.17) is 23.7 Å². The van der Waals surface area contributed by atoms with E-state index in [0.29, 0.717) is 0 Å². The van der Waals surface area contributed by atoms with Crippen LogP contribution in [0.25, 0.3) is 0 Å². The smallest absolute Gasteiger partial charge is 0.452 e. The number of cyclic esters (lactones) is 1. The van der Waals surface area contributed by atoms with Crippen molar-refractivity contribution in [2.24, 2.45) is 0 Å². The van der Waals surface area contributed by atoms with Crippen molar-refractivity contribution in [1.29, 1.82) is 0 Å². The third-order valence-corrected chi connectivity index (χ3v) is 5.78. The molecule has 1 aromatic rings. The molecular formula is C22H28F3NO10S. The minimum absolute atomic E-state index is 0.0684. The van der Waals surface area contributed by atoms with Crippen molar-refractivity contribution < 1.29 is 59.0 Å². The van der Waals surface area contributed by atoms with Crippen molar-refractivity contribution in [3.63, 3.8) is 0 Å². The van der Waals surface area contributed by atoms with Crippen LogP contribution >= 0.6 is 0 Å². The van der Waals surface area contributed by atoms with Crippen LogP contribution in [0, 0.1) is 0 Å². The van der Waals surface area contributed by atoms with Crippen LogP contribution in [-0.2, 0) is 29.1 Å². The van der Waals surface area contributed by atoms with Crippen LogP contribution < -0.4 is 13.8 Å².